The molecule has 0 spiro atoms. The smallest absolute Gasteiger partial charge is 0.321 e. The number of likely N-dealkylation sites (tertiary alicyclic amines) is 1. The van der Waals surface area contributed by atoms with Gasteiger partial charge in [-0.05, 0) is 57.1 Å². The number of ether oxygens (including phenoxy) is 1. The van der Waals surface area contributed by atoms with Crippen molar-refractivity contribution in [1.29, 1.82) is 0 Å². The van der Waals surface area contributed by atoms with Gasteiger partial charge in [-0.2, -0.15) is 11.8 Å². The van der Waals surface area contributed by atoms with Gasteiger partial charge in [0.15, 0.2) is 12.0 Å². The first-order chi connectivity index (χ1) is 31.3. The van der Waals surface area contributed by atoms with E-state index in [1.165, 1.54) is 11.8 Å². The van der Waals surface area contributed by atoms with Crippen molar-refractivity contribution in [1.82, 2.24) is 45.3 Å². The third-order valence-corrected chi connectivity index (χ3v) is 12.6. The summed E-state index contributed by atoms with van der Waals surface area (Å²) in [6.45, 7) is 5.10. The second-order valence-corrected chi connectivity index (χ2v) is 18.1. The van der Waals surface area contributed by atoms with E-state index in [0.717, 1.165) is 10.5 Å². The number of thioether (sulfide) groups is 1. The average molecular weight is 947 g/mol. The molecule has 1 aromatic carbocycles. The number of carboxylic acids is 2. The SMILES string of the molecule is CSCC[C@H](NC(=O)Nc1ccc(CNC(=O)CN2CCN(CC(=O)O)CCN(CC(=O)O)CCN3CC(=O)OC3C2)cc1)C(=O)C[C@H](C(=O)NCCN1C(=O)CC(C)C1=O)[C@H](C)N(C)C. The van der Waals surface area contributed by atoms with Gasteiger partial charge >= 0.3 is 23.9 Å². The Morgan fingerprint density at radius 2 is 1.50 bits per heavy atom. The number of carbonyl (C=O) groups excluding carboxylic acids is 7. The number of urea groups is 1. The van der Waals surface area contributed by atoms with Gasteiger partial charge in [-0.15, -0.1) is 0 Å². The van der Waals surface area contributed by atoms with Crippen LogP contribution in [0.1, 0.15) is 38.7 Å². The predicted octanol–water partition coefficient (Wildman–Crippen LogP) is -1.14. The van der Waals surface area contributed by atoms with Crippen LogP contribution in [0.5, 0.6) is 0 Å². The van der Waals surface area contributed by atoms with Gasteiger partial charge in [0.05, 0.1) is 44.7 Å². The van der Waals surface area contributed by atoms with Crippen molar-refractivity contribution in [3.8, 4) is 0 Å². The lowest BCUT2D eigenvalue weighted by Crippen LogP contribution is -2.51. The first-order valence-corrected chi connectivity index (χ1v) is 23.5. The Balaban J connectivity index is 1.31. The van der Waals surface area contributed by atoms with Crippen molar-refractivity contribution in [2.75, 3.05) is 117 Å². The second kappa shape index (κ2) is 26.2. The molecule has 0 aliphatic carbocycles. The van der Waals surface area contributed by atoms with E-state index in [1.807, 2.05) is 18.1 Å². The highest BCUT2D eigenvalue weighted by atomic mass is 32.2. The first kappa shape index (κ1) is 53.4. The number of amides is 6. The molecule has 0 saturated carbocycles. The summed E-state index contributed by atoms with van der Waals surface area (Å²) >= 11 is 1.51. The van der Waals surface area contributed by atoms with E-state index < -0.39 is 54.0 Å². The molecule has 3 aliphatic rings. The molecule has 6 amide bonds. The largest absolute Gasteiger partial charge is 0.480 e. The number of Topliss-reactive ketones (excluding diaryl/α,β-unsaturated/α-hetero) is 1. The topological polar surface area (TPSA) is 271 Å². The minimum atomic E-state index is -1.04. The summed E-state index contributed by atoms with van der Waals surface area (Å²) in [5.41, 5.74) is 1.14. The molecular formula is C43H66N10O12S. The summed E-state index contributed by atoms with van der Waals surface area (Å²) in [5.74, 6) is -4.73. The van der Waals surface area contributed by atoms with E-state index in [0.29, 0.717) is 37.5 Å². The van der Waals surface area contributed by atoms with Crippen LogP contribution in [0, 0.1) is 11.8 Å². The zero-order valence-electron chi connectivity index (χ0n) is 38.5. The fourth-order valence-electron chi connectivity index (χ4n) is 7.87. The first-order valence-electron chi connectivity index (χ1n) is 22.1. The maximum atomic E-state index is 13.8. The molecule has 3 fully saturated rings. The van der Waals surface area contributed by atoms with Crippen LogP contribution in [-0.2, 0) is 49.6 Å². The Hall–Kier alpha value is -5.20. The van der Waals surface area contributed by atoms with E-state index in [2.05, 4.69) is 21.3 Å². The molecule has 3 saturated heterocycles. The molecule has 23 heteroatoms. The van der Waals surface area contributed by atoms with E-state index in [1.54, 1.807) is 64.9 Å². The molecule has 22 nitrogen and oxygen atoms in total. The predicted molar refractivity (Wildman–Crippen MR) is 243 cm³/mol. The number of nitrogens with zero attached hydrogens (tertiary/aromatic N) is 6. The summed E-state index contributed by atoms with van der Waals surface area (Å²) in [6, 6.07) is 4.86. The van der Waals surface area contributed by atoms with Gasteiger partial charge in [-0.25, -0.2) is 4.79 Å². The number of imide groups is 1. The van der Waals surface area contributed by atoms with Crippen LogP contribution in [-0.4, -0.2) is 222 Å². The maximum absolute atomic E-state index is 13.8. The molecule has 6 N–H and O–H groups in total. The Morgan fingerprint density at radius 3 is 2.08 bits per heavy atom. The zero-order valence-corrected chi connectivity index (χ0v) is 39.3. The van der Waals surface area contributed by atoms with Crippen molar-refractivity contribution in [2.24, 2.45) is 11.8 Å². The molecule has 0 bridgehead atoms. The Bertz CT molecular complexity index is 1890. The number of hydrogen-bond acceptors (Lipinski definition) is 16. The van der Waals surface area contributed by atoms with E-state index in [-0.39, 0.29) is 114 Å². The van der Waals surface area contributed by atoms with Gasteiger partial charge in [-0.3, -0.25) is 62.9 Å². The monoisotopic (exact) mass is 946 g/mol. The molecule has 0 aromatic heterocycles. The Kier molecular flexibility index (Phi) is 21.2. The molecular weight excluding hydrogens is 881 g/mol. The van der Waals surface area contributed by atoms with E-state index in [4.69, 9.17) is 4.74 Å². The molecule has 1 aromatic rings. The number of carboxylic acid groups (broad SMARTS) is 2. The van der Waals surface area contributed by atoms with Crippen molar-refractivity contribution >= 4 is 70.8 Å². The standard InChI is InChI=1S/C43H66N10O12S/c1-28-20-36(56)53(42(28)63)12-11-44-41(62)32(29(2)48(3)4)21-34(54)33(10-19-66-5)47-43(64)46-31-8-6-30(7-9-31)22-45-35(55)23-51-16-15-49(25-38(57)58)13-14-50(26-39(59)60)17-18-52-27-40(61)65-37(52)24-51/h6-9,28-29,32-33,37H,10-27H2,1-5H3,(H,44,62)(H,45,55)(H,57,58)(H,59,60)(H2,46,47,64)/t28?,29-,32-,33-,37?/m0/s1. The van der Waals surface area contributed by atoms with Gasteiger partial charge in [0.25, 0.3) is 0 Å². The van der Waals surface area contributed by atoms with Crippen LogP contribution in [0.4, 0.5) is 10.5 Å². The van der Waals surface area contributed by atoms with Gasteiger partial charge in [0.2, 0.25) is 23.6 Å². The van der Waals surface area contributed by atoms with Crippen LogP contribution >= 0.6 is 11.8 Å². The number of aliphatic carboxylic acids is 2. The van der Waals surface area contributed by atoms with Crippen LogP contribution in [0.3, 0.4) is 0 Å². The van der Waals surface area contributed by atoms with Crippen molar-refractivity contribution in [3.63, 3.8) is 0 Å². The number of anilines is 1. The molecule has 4 rings (SSSR count). The quantitative estimate of drug-likeness (QED) is 0.0592. The number of ketones is 1. The molecule has 0 radical (unpaired) electrons. The zero-order chi connectivity index (χ0) is 48.5. The van der Waals surface area contributed by atoms with Crippen LogP contribution in [0.2, 0.25) is 0 Å². The Morgan fingerprint density at radius 1 is 0.879 bits per heavy atom. The van der Waals surface area contributed by atoms with Crippen molar-refractivity contribution in [2.45, 2.75) is 58.0 Å². The molecule has 366 valence electrons. The molecule has 3 heterocycles. The minimum Gasteiger partial charge on any atom is -0.480 e. The summed E-state index contributed by atoms with van der Waals surface area (Å²) in [6.07, 6.45) is 1.50. The van der Waals surface area contributed by atoms with Gasteiger partial charge in [-0.1, -0.05) is 19.1 Å². The normalized spacial score (nSPS) is 20.6. The lowest BCUT2D eigenvalue weighted by atomic mass is 9.90. The molecule has 66 heavy (non-hydrogen) atoms. The Labute approximate surface area is 389 Å². The van der Waals surface area contributed by atoms with Crippen LogP contribution in [0.15, 0.2) is 24.3 Å². The van der Waals surface area contributed by atoms with E-state index >= 15 is 0 Å². The fraction of sp³-hybridized carbons (Fsp3) is 0.651. The molecule has 2 unspecified atom stereocenters. The number of rotatable bonds is 22. The maximum Gasteiger partial charge on any atom is 0.321 e. The number of nitrogens with one attached hydrogen (secondary N) is 4. The average Bonchev–Trinajstić information content (AvgIpc) is 3.73. The number of hydrogen-bond donors (Lipinski definition) is 6. The van der Waals surface area contributed by atoms with E-state index in [9.17, 15) is 53.4 Å². The summed E-state index contributed by atoms with van der Waals surface area (Å²) in [4.78, 5) is 124. The number of carbonyl (C=O) groups is 9. The fourth-order valence-corrected chi connectivity index (χ4v) is 8.34. The minimum absolute atomic E-state index is 0.0218. The van der Waals surface area contributed by atoms with Crippen molar-refractivity contribution < 1.29 is 58.1 Å². The summed E-state index contributed by atoms with van der Waals surface area (Å²) in [7, 11) is 3.59. The third-order valence-electron chi connectivity index (χ3n) is 11.9. The van der Waals surface area contributed by atoms with Gasteiger partial charge in [0.1, 0.15) is 0 Å². The lowest BCUT2D eigenvalue weighted by molar-refractivity contribution is -0.143. The highest BCUT2D eigenvalue weighted by Gasteiger charge is 2.37. The molecule has 5 atom stereocenters. The van der Waals surface area contributed by atoms with Crippen LogP contribution < -0.4 is 21.3 Å². The molecule has 3 aliphatic heterocycles. The number of fused-ring (bicyclic) bond motifs is 1. The van der Waals surface area contributed by atoms with Crippen LogP contribution in [0.25, 0.3) is 0 Å². The number of benzene rings is 1. The van der Waals surface area contributed by atoms with Gasteiger partial charge in [0, 0.05) is 89.4 Å². The second-order valence-electron chi connectivity index (χ2n) is 17.2. The van der Waals surface area contributed by atoms with Gasteiger partial charge < -0.3 is 41.1 Å². The number of esters is 1. The third kappa shape index (κ3) is 17.2. The summed E-state index contributed by atoms with van der Waals surface area (Å²) in [5, 5.41) is 30.1. The van der Waals surface area contributed by atoms with Crippen molar-refractivity contribution in [3.05, 3.63) is 29.8 Å². The lowest BCUT2D eigenvalue weighted by Gasteiger charge is -2.33. The highest BCUT2D eigenvalue weighted by Crippen LogP contribution is 2.20. The highest BCUT2D eigenvalue weighted by molar-refractivity contribution is 7.98. The summed E-state index contributed by atoms with van der Waals surface area (Å²) < 4.78 is 5.56.